The van der Waals surface area contributed by atoms with Crippen molar-refractivity contribution >= 4 is 22.5 Å². The van der Waals surface area contributed by atoms with Crippen molar-refractivity contribution in [3.05, 3.63) is 39.4 Å². The molecule has 0 saturated carbocycles. The summed E-state index contributed by atoms with van der Waals surface area (Å²) >= 11 is 6.16. The lowest BCUT2D eigenvalue weighted by atomic mass is 10.1. The first kappa shape index (κ1) is 13.5. The molecule has 0 spiro atoms. The van der Waals surface area contributed by atoms with E-state index in [-0.39, 0.29) is 17.6 Å². The van der Waals surface area contributed by atoms with Gasteiger partial charge in [-0.3, -0.25) is 9.36 Å². The molecule has 1 aromatic carbocycles. The largest absolute Gasteiger partial charge is 0.379 e. The Morgan fingerprint density at radius 3 is 3.00 bits per heavy atom. The number of nitrogens with zero attached hydrogens (tertiary/aromatic N) is 2. The summed E-state index contributed by atoms with van der Waals surface area (Å²) in [6.45, 7) is 2.98. The van der Waals surface area contributed by atoms with Crippen LogP contribution in [0.1, 0.15) is 31.3 Å². The highest BCUT2D eigenvalue weighted by atomic mass is 35.5. The van der Waals surface area contributed by atoms with Gasteiger partial charge >= 0.3 is 0 Å². The van der Waals surface area contributed by atoms with E-state index < -0.39 is 0 Å². The monoisotopic (exact) mass is 293 g/mol. The summed E-state index contributed by atoms with van der Waals surface area (Å²) in [7, 11) is 0. The van der Waals surface area contributed by atoms with E-state index in [4.69, 9.17) is 22.1 Å². The number of hydrogen-bond acceptors (Lipinski definition) is 4. The summed E-state index contributed by atoms with van der Waals surface area (Å²) in [5, 5.41) is 0.870. The molecule has 1 aliphatic heterocycles. The maximum Gasteiger partial charge on any atom is 0.263 e. The molecule has 0 amide bonds. The molecule has 1 fully saturated rings. The number of nitrogens with two attached hydrogens (primary N) is 1. The molecule has 2 N–H and O–H groups in total. The zero-order chi connectivity index (χ0) is 14.3. The second kappa shape index (κ2) is 5.16. The highest BCUT2D eigenvalue weighted by Gasteiger charge is 2.25. The summed E-state index contributed by atoms with van der Waals surface area (Å²) < 4.78 is 7.04. The van der Waals surface area contributed by atoms with Crippen molar-refractivity contribution in [3.8, 4) is 0 Å². The molecular formula is C14H16ClN3O2. The second-order valence-electron chi connectivity index (χ2n) is 5.09. The van der Waals surface area contributed by atoms with Crippen molar-refractivity contribution in [2.45, 2.75) is 25.4 Å². The molecule has 0 bridgehead atoms. The number of aromatic nitrogens is 2. The topological polar surface area (TPSA) is 70.1 Å². The molecule has 3 rings (SSSR count). The van der Waals surface area contributed by atoms with Gasteiger partial charge in [-0.2, -0.15) is 0 Å². The summed E-state index contributed by atoms with van der Waals surface area (Å²) in [6.07, 6.45) is 0.789. The Bertz CT molecular complexity index is 705. The highest BCUT2D eigenvalue weighted by Crippen LogP contribution is 2.25. The fourth-order valence-electron chi connectivity index (χ4n) is 2.62. The quantitative estimate of drug-likeness (QED) is 0.920. The molecule has 0 unspecified atom stereocenters. The molecule has 5 nitrogen and oxygen atoms in total. The summed E-state index contributed by atoms with van der Waals surface area (Å²) in [5.74, 6) is 0.584. The van der Waals surface area contributed by atoms with Gasteiger partial charge in [0.1, 0.15) is 5.82 Å². The molecule has 2 heterocycles. The third-order valence-electron chi connectivity index (χ3n) is 3.58. The van der Waals surface area contributed by atoms with Crippen LogP contribution in [0, 0.1) is 0 Å². The van der Waals surface area contributed by atoms with Gasteiger partial charge < -0.3 is 10.5 Å². The van der Waals surface area contributed by atoms with Crippen LogP contribution in [0.25, 0.3) is 10.9 Å². The van der Waals surface area contributed by atoms with E-state index in [2.05, 4.69) is 4.98 Å². The third-order valence-corrected chi connectivity index (χ3v) is 3.90. The van der Waals surface area contributed by atoms with Gasteiger partial charge in [0.15, 0.2) is 0 Å². The van der Waals surface area contributed by atoms with Crippen LogP contribution in [0.5, 0.6) is 0 Å². The zero-order valence-electron chi connectivity index (χ0n) is 11.2. The Morgan fingerprint density at radius 1 is 1.55 bits per heavy atom. The van der Waals surface area contributed by atoms with Crippen LogP contribution in [0.15, 0.2) is 23.0 Å². The summed E-state index contributed by atoms with van der Waals surface area (Å²) in [4.78, 5) is 17.3. The van der Waals surface area contributed by atoms with Crippen molar-refractivity contribution in [2.75, 3.05) is 13.2 Å². The molecular weight excluding hydrogens is 278 g/mol. The van der Waals surface area contributed by atoms with Crippen molar-refractivity contribution in [2.24, 2.45) is 5.73 Å². The van der Waals surface area contributed by atoms with Gasteiger partial charge in [-0.05, 0) is 25.5 Å². The first-order chi connectivity index (χ1) is 9.59. The molecule has 2 atom stereocenters. The van der Waals surface area contributed by atoms with Crippen molar-refractivity contribution in [3.63, 3.8) is 0 Å². The van der Waals surface area contributed by atoms with E-state index in [1.807, 2.05) is 6.92 Å². The Kier molecular flexibility index (Phi) is 3.50. The maximum atomic E-state index is 12.8. The minimum atomic E-state index is -0.327. The first-order valence-corrected chi connectivity index (χ1v) is 7.01. The molecule has 1 aliphatic rings. The lowest BCUT2D eigenvalue weighted by molar-refractivity contribution is 0.185. The van der Waals surface area contributed by atoms with Crippen molar-refractivity contribution < 1.29 is 4.74 Å². The molecule has 1 aromatic heterocycles. The maximum absolute atomic E-state index is 12.8. The van der Waals surface area contributed by atoms with Gasteiger partial charge in [0.25, 0.3) is 5.56 Å². The normalized spacial score (nSPS) is 20.4. The predicted octanol–water partition coefficient (Wildman–Crippen LogP) is 2.03. The van der Waals surface area contributed by atoms with Crippen LogP contribution in [-0.2, 0) is 4.74 Å². The number of fused-ring (bicyclic) bond motifs is 1. The summed E-state index contributed by atoms with van der Waals surface area (Å²) in [6, 6.07) is 4.92. The van der Waals surface area contributed by atoms with Crippen molar-refractivity contribution in [1.82, 2.24) is 9.55 Å². The minimum Gasteiger partial charge on any atom is -0.379 e. The number of ether oxygens (including phenoxy) is 1. The van der Waals surface area contributed by atoms with Gasteiger partial charge in [0, 0.05) is 6.61 Å². The van der Waals surface area contributed by atoms with Crippen LogP contribution < -0.4 is 11.3 Å². The molecule has 1 saturated heterocycles. The smallest absolute Gasteiger partial charge is 0.263 e. The average molecular weight is 294 g/mol. The van der Waals surface area contributed by atoms with E-state index in [1.54, 1.807) is 22.8 Å². The van der Waals surface area contributed by atoms with Crippen LogP contribution in [-0.4, -0.2) is 22.8 Å². The molecule has 6 heteroatoms. The lowest BCUT2D eigenvalue weighted by Gasteiger charge is -2.20. The SMILES string of the molecule is C[C@H](N)c1nc2cccc(Cl)c2c(=O)n1[C@H]1CCOC1. The molecule has 20 heavy (non-hydrogen) atoms. The predicted molar refractivity (Wildman–Crippen MR) is 78.1 cm³/mol. The van der Waals surface area contributed by atoms with Gasteiger partial charge in [-0.25, -0.2) is 4.98 Å². The van der Waals surface area contributed by atoms with Crippen LogP contribution in [0.3, 0.4) is 0 Å². The van der Waals surface area contributed by atoms with Crippen LogP contribution in [0.4, 0.5) is 0 Å². The number of rotatable bonds is 2. The van der Waals surface area contributed by atoms with E-state index in [1.165, 1.54) is 0 Å². The number of benzene rings is 1. The fraction of sp³-hybridized carbons (Fsp3) is 0.429. The molecule has 106 valence electrons. The van der Waals surface area contributed by atoms with Gasteiger partial charge in [-0.15, -0.1) is 0 Å². The second-order valence-corrected chi connectivity index (χ2v) is 5.49. The van der Waals surface area contributed by atoms with Gasteiger partial charge in [-0.1, -0.05) is 17.7 Å². The molecule has 0 aliphatic carbocycles. The van der Waals surface area contributed by atoms with E-state index in [0.29, 0.717) is 35.0 Å². The Morgan fingerprint density at radius 2 is 2.35 bits per heavy atom. The number of halogens is 1. The molecule has 0 radical (unpaired) electrons. The van der Waals surface area contributed by atoms with Crippen LogP contribution >= 0.6 is 11.6 Å². The van der Waals surface area contributed by atoms with Crippen molar-refractivity contribution in [1.29, 1.82) is 0 Å². The third kappa shape index (κ3) is 2.12. The Balaban J connectivity index is 2.35. The summed E-state index contributed by atoms with van der Waals surface area (Å²) in [5.41, 5.74) is 6.44. The molecule has 2 aromatic rings. The standard InChI is InChI=1S/C14H16ClN3O2/c1-8(16)13-17-11-4-2-3-10(15)12(11)14(19)18(13)9-5-6-20-7-9/h2-4,8-9H,5-7,16H2,1H3/t8-,9-/m0/s1. The first-order valence-electron chi connectivity index (χ1n) is 6.63. The highest BCUT2D eigenvalue weighted by molar-refractivity contribution is 6.35. The fourth-order valence-corrected chi connectivity index (χ4v) is 2.87. The number of hydrogen-bond donors (Lipinski definition) is 1. The Labute approximate surface area is 121 Å². The van der Waals surface area contributed by atoms with E-state index in [9.17, 15) is 4.79 Å². The average Bonchev–Trinajstić information content (AvgIpc) is 2.91. The Hall–Kier alpha value is -1.43. The minimum absolute atomic E-state index is 0.0170. The lowest BCUT2D eigenvalue weighted by Crippen LogP contribution is -2.32. The van der Waals surface area contributed by atoms with Crippen LogP contribution in [0.2, 0.25) is 5.02 Å². The van der Waals surface area contributed by atoms with Gasteiger partial charge in [0.05, 0.1) is 34.6 Å². The van der Waals surface area contributed by atoms with E-state index >= 15 is 0 Å². The van der Waals surface area contributed by atoms with Gasteiger partial charge in [0.2, 0.25) is 0 Å². The van der Waals surface area contributed by atoms with E-state index in [0.717, 1.165) is 6.42 Å². The zero-order valence-corrected chi connectivity index (χ0v) is 11.9.